The molecule has 1 aromatic carbocycles. The number of hydrogen-bond acceptors (Lipinski definition) is 5. The fourth-order valence-electron chi connectivity index (χ4n) is 1.39. The number of carbonyl (C=O) groups excluding carboxylic acids is 1. The predicted molar refractivity (Wildman–Crippen MR) is 76.6 cm³/mol. The lowest BCUT2D eigenvalue weighted by atomic mass is 10.3. The quantitative estimate of drug-likeness (QED) is 0.589. The molecule has 1 rings (SSSR count). The van der Waals surface area contributed by atoms with E-state index in [4.69, 9.17) is 11.6 Å². The monoisotopic (exact) mass is 335 g/mol. The van der Waals surface area contributed by atoms with Crippen molar-refractivity contribution in [1.82, 2.24) is 9.21 Å². The molecule has 8 nitrogen and oxygen atoms in total. The molecule has 0 aliphatic carbocycles. The van der Waals surface area contributed by atoms with Gasteiger partial charge in [0, 0.05) is 33.3 Å². The summed E-state index contributed by atoms with van der Waals surface area (Å²) in [5.41, 5.74) is -0.398. The van der Waals surface area contributed by atoms with E-state index >= 15 is 0 Å². The number of hydrogen-bond donors (Lipinski definition) is 0. The first-order chi connectivity index (χ1) is 9.57. The van der Waals surface area contributed by atoms with E-state index in [2.05, 4.69) is 0 Å². The van der Waals surface area contributed by atoms with Crippen LogP contribution in [0.2, 0.25) is 5.02 Å². The van der Waals surface area contributed by atoms with E-state index in [1.165, 1.54) is 26.0 Å². The van der Waals surface area contributed by atoms with Crippen LogP contribution in [0.4, 0.5) is 5.69 Å². The predicted octanol–water partition coefficient (Wildman–Crippen LogP) is 0.957. The van der Waals surface area contributed by atoms with Crippen LogP contribution in [0.1, 0.15) is 0 Å². The molecule has 0 atom stereocenters. The molecule has 0 radical (unpaired) electrons. The Morgan fingerprint density at radius 3 is 2.38 bits per heavy atom. The molecule has 0 aliphatic rings. The van der Waals surface area contributed by atoms with Crippen LogP contribution in [0.3, 0.4) is 0 Å². The molecule has 0 unspecified atom stereocenters. The third kappa shape index (κ3) is 3.90. The van der Waals surface area contributed by atoms with Gasteiger partial charge in [0.15, 0.2) is 0 Å². The molecule has 0 saturated carbocycles. The zero-order valence-electron chi connectivity index (χ0n) is 11.6. The Balaban J connectivity index is 3.21. The first kappa shape index (κ1) is 17.3. The van der Waals surface area contributed by atoms with E-state index in [1.807, 2.05) is 0 Å². The second-order valence-corrected chi connectivity index (χ2v) is 6.84. The lowest BCUT2D eigenvalue weighted by molar-refractivity contribution is -0.385. The maximum Gasteiger partial charge on any atom is 0.270 e. The van der Waals surface area contributed by atoms with Crippen molar-refractivity contribution in [3.05, 3.63) is 33.3 Å². The molecule has 1 amide bonds. The van der Waals surface area contributed by atoms with E-state index in [-0.39, 0.29) is 5.02 Å². The molecule has 0 aromatic heterocycles. The number of amides is 1. The Morgan fingerprint density at radius 1 is 1.33 bits per heavy atom. The number of rotatable bonds is 5. The number of halogens is 1. The van der Waals surface area contributed by atoms with Crippen LogP contribution in [0, 0.1) is 10.1 Å². The largest absolute Gasteiger partial charge is 0.348 e. The second kappa shape index (κ2) is 6.37. The number of benzene rings is 1. The van der Waals surface area contributed by atoms with Gasteiger partial charge in [-0.2, -0.15) is 4.31 Å². The first-order valence-electron chi connectivity index (χ1n) is 5.67. The molecule has 21 heavy (non-hydrogen) atoms. The molecule has 10 heteroatoms. The number of nitro benzene ring substituents is 1. The van der Waals surface area contributed by atoms with Crippen molar-refractivity contribution in [3.63, 3.8) is 0 Å². The second-order valence-electron chi connectivity index (χ2n) is 4.42. The van der Waals surface area contributed by atoms with Crippen molar-refractivity contribution in [2.24, 2.45) is 0 Å². The zero-order valence-corrected chi connectivity index (χ0v) is 13.2. The van der Waals surface area contributed by atoms with E-state index < -0.39 is 38.0 Å². The van der Waals surface area contributed by atoms with Gasteiger partial charge in [-0.1, -0.05) is 11.6 Å². The normalized spacial score (nSPS) is 11.5. The minimum Gasteiger partial charge on any atom is -0.348 e. The van der Waals surface area contributed by atoms with Crippen molar-refractivity contribution in [1.29, 1.82) is 0 Å². The summed E-state index contributed by atoms with van der Waals surface area (Å²) in [6, 6.07) is 3.11. The fourth-order valence-corrected chi connectivity index (χ4v) is 3.00. The molecule has 1 aromatic rings. The zero-order chi connectivity index (χ0) is 16.4. The Kier molecular flexibility index (Phi) is 5.26. The standard InChI is InChI=1S/C11H14ClN3O5S/c1-13(2)11(16)7-14(3)21(19,20)10-6-8(15(17)18)4-5-9(10)12/h4-6H,7H2,1-3H3. The average Bonchev–Trinajstić information content (AvgIpc) is 2.38. The van der Waals surface area contributed by atoms with Crippen molar-refractivity contribution < 1.29 is 18.1 Å². The summed E-state index contributed by atoms with van der Waals surface area (Å²) in [6.07, 6.45) is 0. The molecule has 0 N–H and O–H groups in total. The van der Waals surface area contributed by atoms with E-state index in [0.717, 1.165) is 22.5 Å². The number of non-ortho nitro benzene ring substituents is 1. The molecule has 0 heterocycles. The highest BCUT2D eigenvalue weighted by Crippen LogP contribution is 2.28. The summed E-state index contributed by atoms with van der Waals surface area (Å²) in [5, 5.41) is 10.6. The van der Waals surface area contributed by atoms with E-state index in [1.54, 1.807) is 0 Å². The van der Waals surface area contributed by atoms with E-state index in [9.17, 15) is 23.3 Å². The molecule has 0 bridgehead atoms. The van der Waals surface area contributed by atoms with Crippen molar-refractivity contribution in [2.45, 2.75) is 4.90 Å². The summed E-state index contributed by atoms with van der Waals surface area (Å²) in [7, 11) is 0.0739. The van der Waals surface area contributed by atoms with Gasteiger partial charge < -0.3 is 4.90 Å². The van der Waals surface area contributed by atoms with Gasteiger partial charge >= 0.3 is 0 Å². The molecule has 0 fully saturated rings. The van der Waals surface area contributed by atoms with Gasteiger partial charge in [0.2, 0.25) is 15.9 Å². The van der Waals surface area contributed by atoms with Crippen LogP contribution in [-0.2, 0) is 14.8 Å². The van der Waals surface area contributed by atoms with E-state index in [0.29, 0.717) is 0 Å². The Hall–Kier alpha value is -1.71. The van der Waals surface area contributed by atoms with Crippen LogP contribution in [0.5, 0.6) is 0 Å². The summed E-state index contributed by atoms with van der Waals surface area (Å²) in [6.45, 7) is -0.394. The van der Waals surface area contributed by atoms with Crippen LogP contribution >= 0.6 is 11.6 Å². The highest BCUT2D eigenvalue weighted by Gasteiger charge is 2.27. The molecule has 0 spiro atoms. The lowest BCUT2D eigenvalue weighted by Gasteiger charge is -2.19. The summed E-state index contributed by atoms with van der Waals surface area (Å²) in [4.78, 5) is 22.4. The minimum absolute atomic E-state index is 0.148. The van der Waals surface area contributed by atoms with Gasteiger partial charge in [-0.25, -0.2) is 8.42 Å². The Labute approximate surface area is 127 Å². The highest BCUT2D eigenvalue weighted by molar-refractivity contribution is 7.89. The Morgan fingerprint density at radius 2 is 1.90 bits per heavy atom. The topological polar surface area (TPSA) is 101 Å². The molecule has 116 valence electrons. The van der Waals surface area contributed by atoms with Crippen LogP contribution in [0.15, 0.2) is 23.1 Å². The maximum atomic E-state index is 12.3. The number of nitro groups is 1. The summed E-state index contributed by atoms with van der Waals surface area (Å²) < 4.78 is 25.5. The molecular formula is C11H14ClN3O5S. The third-order valence-electron chi connectivity index (χ3n) is 2.67. The number of likely N-dealkylation sites (N-methyl/N-ethyl adjacent to an activating group) is 2. The molecular weight excluding hydrogens is 322 g/mol. The third-order valence-corrected chi connectivity index (χ3v) is 4.96. The van der Waals surface area contributed by atoms with Gasteiger partial charge in [0.1, 0.15) is 4.90 Å². The summed E-state index contributed by atoms with van der Waals surface area (Å²) in [5.74, 6) is -0.428. The van der Waals surface area contributed by atoms with Crippen LogP contribution < -0.4 is 0 Å². The van der Waals surface area contributed by atoms with Crippen molar-refractivity contribution in [3.8, 4) is 0 Å². The first-order valence-corrected chi connectivity index (χ1v) is 7.49. The minimum atomic E-state index is -4.10. The van der Waals surface area contributed by atoms with Gasteiger partial charge in [0.05, 0.1) is 16.5 Å². The SMILES string of the molecule is CN(C)C(=O)CN(C)S(=O)(=O)c1cc([N+](=O)[O-])ccc1Cl. The van der Waals surface area contributed by atoms with Crippen LogP contribution in [0.25, 0.3) is 0 Å². The van der Waals surface area contributed by atoms with Crippen molar-refractivity contribution in [2.75, 3.05) is 27.7 Å². The fraction of sp³-hybridized carbons (Fsp3) is 0.364. The maximum absolute atomic E-state index is 12.3. The Bertz CT molecular complexity index is 674. The number of sulfonamides is 1. The van der Waals surface area contributed by atoms with Crippen LogP contribution in [-0.4, -0.2) is 56.1 Å². The lowest BCUT2D eigenvalue weighted by Crippen LogP contribution is -2.37. The number of nitrogens with zero attached hydrogens (tertiary/aromatic N) is 3. The molecule has 0 aliphatic heterocycles. The number of carbonyl (C=O) groups is 1. The summed E-state index contributed by atoms with van der Waals surface area (Å²) >= 11 is 5.80. The highest BCUT2D eigenvalue weighted by atomic mass is 35.5. The van der Waals surface area contributed by atoms with Gasteiger partial charge in [0.25, 0.3) is 5.69 Å². The van der Waals surface area contributed by atoms with Gasteiger partial charge in [-0.3, -0.25) is 14.9 Å². The van der Waals surface area contributed by atoms with Crippen molar-refractivity contribution >= 4 is 33.2 Å². The molecule has 0 saturated heterocycles. The average molecular weight is 336 g/mol. The van der Waals surface area contributed by atoms with Gasteiger partial charge in [-0.05, 0) is 6.07 Å². The smallest absolute Gasteiger partial charge is 0.270 e. The van der Waals surface area contributed by atoms with Gasteiger partial charge in [-0.15, -0.1) is 0 Å².